The Kier molecular flexibility index (Phi) is 4.34. The van der Waals surface area contributed by atoms with Crippen molar-refractivity contribution in [2.45, 2.75) is 37.4 Å². The van der Waals surface area contributed by atoms with E-state index < -0.39 is 24.2 Å². The molecular formula is C17H20F3N2O2-. The summed E-state index contributed by atoms with van der Waals surface area (Å²) in [6.07, 6.45) is -1.26. The Bertz CT molecular complexity index is 647. The van der Waals surface area contributed by atoms with Crippen molar-refractivity contribution < 1.29 is 23.1 Å². The van der Waals surface area contributed by atoms with Gasteiger partial charge in [-0.2, -0.15) is 13.2 Å². The molecule has 0 aliphatic heterocycles. The van der Waals surface area contributed by atoms with Gasteiger partial charge in [-0.3, -0.25) is 0 Å². The van der Waals surface area contributed by atoms with E-state index in [2.05, 4.69) is 5.32 Å². The molecule has 2 aliphatic rings. The minimum Gasteiger partial charge on any atom is -0.545 e. The number of rotatable bonds is 4. The summed E-state index contributed by atoms with van der Waals surface area (Å²) in [5.74, 6) is -1.09. The Morgan fingerprint density at radius 3 is 2.46 bits per heavy atom. The second-order valence-corrected chi connectivity index (χ2v) is 6.98. The second kappa shape index (κ2) is 6.04. The fourth-order valence-electron chi connectivity index (χ4n) is 4.24. The molecule has 132 valence electrons. The first-order chi connectivity index (χ1) is 11.2. The zero-order valence-electron chi connectivity index (χ0n) is 13.2. The molecule has 4 nitrogen and oxygen atoms in total. The van der Waals surface area contributed by atoms with Gasteiger partial charge in [-0.25, -0.2) is 0 Å². The highest BCUT2D eigenvalue weighted by molar-refractivity contribution is 5.86. The van der Waals surface area contributed by atoms with Gasteiger partial charge in [0.2, 0.25) is 0 Å². The number of alkyl halides is 3. The summed E-state index contributed by atoms with van der Waals surface area (Å²) in [5.41, 5.74) is 7.95. The number of hydrogen-bond acceptors (Lipinski definition) is 4. The van der Waals surface area contributed by atoms with E-state index in [1.807, 2.05) is 0 Å². The van der Waals surface area contributed by atoms with Crippen LogP contribution in [0.5, 0.6) is 0 Å². The Morgan fingerprint density at radius 1 is 1.25 bits per heavy atom. The number of aromatic carboxylic acids is 1. The summed E-state index contributed by atoms with van der Waals surface area (Å²) in [6.45, 7) is -0.934. The van der Waals surface area contributed by atoms with Crippen LogP contribution in [0.4, 0.5) is 13.2 Å². The molecule has 24 heavy (non-hydrogen) atoms. The maximum absolute atomic E-state index is 12.4. The lowest BCUT2D eigenvalue weighted by Gasteiger charge is -2.35. The molecule has 3 atom stereocenters. The van der Waals surface area contributed by atoms with Crippen molar-refractivity contribution in [3.63, 3.8) is 0 Å². The lowest BCUT2D eigenvalue weighted by Crippen LogP contribution is -2.57. The Balaban J connectivity index is 1.80. The van der Waals surface area contributed by atoms with Gasteiger partial charge in [-0.05, 0) is 60.3 Å². The average Bonchev–Trinajstić information content (AvgIpc) is 2.68. The summed E-state index contributed by atoms with van der Waals surface area (Å²) in [4.78, 5) is 11.0. The first-order valence-corrected chi connectivity index (χ1v) is 8.08. The van der Waals surface area contributed by atoms with E-state index >= 15 is 0 Å². The molecule has 3 unspecified atom stereocenters. The van der Waals surface area contributed by atoms with E-state index in [4.69, 9.17) is 5.73 Å². The van der Waals surface area contributed by atoms with Crippen LogP contribution in [0.15, 0.2) is 18.2 Å². The summed E-state index contributed by atoms with van der Waals surface area (Å²) in [7, 11) is 0. The Hall–Kier alpha value is -1.60. The summed E-state index contributed by atoms with van der Waals surface area (Å²) in [5, 5.41) is 13.5. The zero-order valence-corrected chi connectivity index (χ0v) is 13.2. The molecule has 0 saturated heterocycles. The van der Waals surface area contributed by atoms with E-state index in [0.29, 0.717) is 12.8 Å². The first-order valence-electron chi connectivity index (χ1n) is 8.08. The monoisotopic (exact) mass is 341 g/mol. The normalized spacial score (nSPS) is 29.2. The van der Waals surface area contributed by atoms with Crippen molar-refractivity contribution in [1.29, 1.82) is 0 Å². The molecule has 1 saturated carbocycles. The number of fused-ring (bicyclic) bond motifs is 3. The number of benzene rings is 1. The van der Waals surface area contributed by atoms with Crippen LogP contribution in [0, 0.1) is 11.8 Å². The predicted molar refractivity (Wildman–Crippen MR) is 80.2 cm³/mol. The minimum atomic E-state index is -4.26. The van der Waals surface area contributed by atoms with Crippen LogP contribution in [0.1, 0.15) is 34.3 Å². The largest absolute Gasteiger partial charge is 0.545 e. The van der Waals surface area contributed by atoms with Crippen LogP contribution >= 0.6 is 0 Å². The molecule has 1 aromatic carbocycles. The second-order valence-electron chi connectivity index (χ2n) is 6.98. The van der Waals surface area contributed by atoms with Gasteiger partial charge in [0, 0.05) is 12.1 Å². The van der Waals surface area contributed by atoms with Crippen molar-refractivity contribution in [2.75, 3.05) is 13.1 Å². The van der Waals surface area contributed by atoms with Gasteiger partial charge < -0.3 is 21.0 Å². The van der Waals surface area contributed by atoms with Gasteiger partial charge in [0.15, 0.2) is 0 Å². The van der Waals surface area contributed by atoms with E-state index in [9.17, 15) is 23.1 Å². The fourth-order valence-corrected chi connectivity index (χ4v) is 4.24. The highest BCUT2D eigenvalue weighted by atomic mass is 19.4. The lowest BCUT2D eigenvalue weighted by atomic mass is 9.79. The molecule has 1 fully saturated rings. The first kappa shape index (κ1) is 17.2. The number of nitrogens with one attached hydrogen (secondary N) is 1. The molecule has 3 N–H and O–H groups in total. The number of halogens is 3. The van der Waals surface area contributed by atoms with Gasteiger partial charge in [-0.15, -0.1) is 0 Å². The third-order valence-electron chi connectivity index (χ3n) is 5.51. The van der Waals surface area contributed by atoms with Crippen molar-refractivity contribution in [3.8, 4) is 0 Å². The van der Waals surface area contributed by atoms with Crippen LogP contribution in [0.3, 0.4) is 0 Å². The maximum Gasteiger partial charge on any atom is 0.401 e. The quantitative estimate of drug-likeness (QED) is 0.857. The Morgan fingerprint density at radius 2 is 1.88 bits per heavy atom. The van der Waals surface area contributed by atoms with E-state index in [1.54, 1.807) is 12.1 Å². The molecule has 2 aliphatic carbocycles. The fraction of sp³-hybridized carbons (Fsp3) is 0.588. The van der Waals surface area contributed by atoms with Crippen molar-refractivity contribution in [2.24, 2.45) is 17.6 Å². The van der Waals surface area contributed by atoms with Crippen LogP contribution < -0.4 is 16.2 Å². The van der Waals surface area contributed by atoms with Crippen molar-refractivity contribution in [1.82, 2.24) is 5.32 Å². The van der Waals surface area contributed by atoms with Crippen LogP contribution in [-0.4, -0.2) is 30.8 Å². The third-order valence-corrected chi connectivity index (χ3v) is 5.51. The molecule has 1 aromatic rings. The van der Waals surface area contributed by atoms with Gasteiger partial charge in [0.25, 0.3) is 0 Å². The predicted octanol–water partition coefficient (Wildman–Crippen LogP) is 1.02. The van der Waals surface area contributed by atoms with Crippen molar-refractivity contribution in [3.05, 3.63) is 34.9 Å². The highest BCUT2D eigenvalue weighted by Crippen LogP contribution is 2.45. The number of carboxylic acid groups (broad SMARTS) is 1. The molecule has 3 rings (SSSR count). The SMILES string of the molecule is NC1(CNCC(F)(F)F)C2CCC1Cc1cc(C(=O)[O-])ccc1C2. The van der Waals surface area contributed by atoms with E-state index in [1.165, 1.54) is 6.07 Å². The molecule has 7 heteroatoms. The standard InChI is InChI=1S/C17H21F3N2O2/c18-17(19,20)9-22-8-16(21)13-3-4-14(16)7-12-5-11(15(23)24)2-1-10(12)6-13/h1-2,5,13-14,22H,3-4,6-9,21H2,(H,23,24)/p-1. The summed E-state index contributed by atoms with van der Waals surface area (Å²) < 4.78 is 37.2. The highest BCUT2D eigenvalue weighted by Gasteiger charge is 2.48. The summed E-state index contributed by atoms with van der Waals surface area (Å²) >= 11 is 0. The van der Waals surface area contributed by atoms with Gasteiger partial charge in [0.1, 0.15) is 0 Å². The van der Waals surface area contributed by atoms with E-state index in [-0.39, 0.29) is 23.9 Å². The number of hydrogen-bond donors (Lipinski definition) is 2. The molecule has 2 bridgehead atoms. The number of carboxylic acids is 1. The van der Waals surface area contributed by atoms with Gasteiger partial charge in [-0.1, -0.05) is 12.1 Å². The molecule has 0 spiro atoms. The minimum absolute atomic E-state index is 0.0430. The number of carbonyl (C=O) groups is 1. The van der Waals surface area contributed by atoms with E-state index in [0.717, 1.165) is 24.0 Å². The topological polar surface area (TPSA) is 78.2 Å². The smallest absolute Gasteiger partial charge is 0.401 e. The lowest BCUT2D eigenvalue weighted by molar-refractivity contribution is -0.255. The van der Waals surface area contributed by atoms with Gasteiger partial charge in [0.05, 0.1) is 12.5 Å². The number of carbonyl (C=O) groups excluding carboxylic acids is 1. The number of nitrogens with two attached hydrogens (primary N) is 1. The van der Waals surface area contributed by atoms with Crippen molar-refractivity contribution >= 4 is 5.97 Å². The van der Waals surface area contributed by atoms with Crippen LogP contribution in [-0.2, 0) is 12.8 Å². The third kappa shape index (κ3) is 3.28. The molecule has 0 aromatic heterocycles. The average molecular weight is 341 g/mol. The molecule has 0 heterocycles. The maximum atomic E-state index is 12.4. The Labute approximate surface area is 138 Å². The molecule has 0 amide bonds. The van der Waals surface area contributed by atoms with Gasteiger partial charge >= 0.3 is 6.18 Å². The van der Waals surface area contributed by atoms with Crippen LogP contribution in [0.2, 0.25) is 0 Å². The van der Waals surface area contributed by atoms with Crippen LogP contribution in [0.25, 0.3) is 0 Å². The zero-order chi connectivity index (χ0) is 17.5. The molecule has 0 radical (unpaired) electrons. The molecular weight excluding hydrogens is 321 g/mol. The summed E-state index contributed by atoms with van der Waals surface area (Å²) in [6, 6.07) is 4.92.